The number of nitrogens with two attached hydrogens (primary N) is 1. The van der Waals surface area contributed by atoms with Crippen molar-refractivity contribution < 1.29 is 4.39 Å². The van der Waals surface area contributed by atoms with Crippen LogP contribution in [0.3, 0.4) is 0 Å². The standard InChI is InChI=1S/C6H12FN.ClH/c1-6(8)4-2-3-5(6)7;/h5H,2-4,8H2,1H3;1H. The van der Waals surface area contributed by atoms with Gasteiger partial charge in [-0.1, -0.05) is 0 Å². The third-order valence-corrected chi connectivity index (χ3v) is 1.89. The lowest BCUT2D eigenvalue weighted by molar-refractivity contribution is 0.240. The van der Waals surface area contributed by atoms with Crippen molar-refractivity contribution >= 4 is 12.4 Å². The van der Waals surface area contributed by atoms with E-state index in [-0.39, 0.29) is 12.4 Å². The lowest BCUT2D eigenvalue weighted by Gasteiger charge is -2.19. The van der Waals surface area contributed by atoms with Gasteiger partial charge in [0.1, 0.15) is 6.17 Å². The monoisotopic (exact) mass is 153 g/mol. The van der Waals surface area contributed by atoms with Gasteiger partial charge in [-0.3, -0.25) is 0 Å². The normalized spacial score (nSPS) is 42.3. The highest BCUT2D eigenvalue weighted by molar-refractivity contribution is 5.85. The molecule has 2 atom stereocenters. The molecule has 0 aromatic rings. The minimum Gasteiger partial charge on any atom is -0.323 e. The molecule has 0 aromatic heterocycles. The van der Waals surface area contributed by atoms with Gasteiger partial charge in [-0.05, 0) is 26.2 Å². The van der Waals surface area contributed by atoms with Crippen LogP contribution in [0, 0.1) is 0 Å². The first-order valence-corrected chi connectivity index (χ1v) is 3.06. The highest BCUT2D eigenvalue weighted by Crippen LogP contribution is 2.29. The molecule has 9 heavy (non-hydrogen) atoms. The summed E-state index contributed by atoms with van der Waals surface area (Å²) in [5.74, 6) is 0. The molecule has 1 rings (SSSR count). The third-order valence-electron chi connectivity index (χ3n) is 1.89. The fraction of sp³-hybridized carbons (Fsp3) is 1.00. The Balaban J connectivity index is 0.000000640. The maximum Gasteiger partial charge on any atom is 0.118 e. The molecule has 3 heteroatoms. The van der Waals surface area contributed by atoms with E-state index in [0.29, 0.717) is 6.42 Å². The second kappa shape index (κ2) is 2.84. The minimum atomic E-state index is -0.762. The van der Waals surface area contributed by atoms with Gasteiger partial charge in [-0.15, -0.1) is 12.4 Å². The predicted octanol–water partition coefficient (Wildman–Crippen LogP) is 1.65. The van der Waals surface area contributed by atoms with Gasteiger partial charge in [0.05, 0.1) is 0 Å². The van der Waals surface area contributed by atoms with Crippen molar-refractivity contribution in [3.8, 4) is 0 Å². The van der Waals surface area contributed by atoms with Crippen LogP contribution in [0.1, 0.15) is 26.2 Å². The summed E-state index contributed by atoms with van der Waals surface area (Å²) >= 11 is 0. The highest BCUT2D eigenvalue weighted by Gasteiger charge is 2.34. The Morgan fingerprint density at radius 2 is 2.22 bits per heavy atom. The van der Waals surface area contributed by atoms with E-state index in [4.69, 9.17) is 5.73 Å². The summed E-state index contributed by atoms with van der Waals surface area (Å²) in [6.45, 7) is 1.78. The quantitative estimate of drug-likeness (QED) is 0.563. The Bertz CT molecular complexity index is 95.1. The molecule has 0 aliphatic heterocycles. The van der Waals surface area contributed by atoms with Gasteiger partial charge in [0.25, 0.3) is 0 Å². The van der Waals surface area contributed by atoms with E-state index in [9.17, 15) is 4.39 Å². The number of alkyl halides is 1. The average Bonchev–Trinajstić information content (AvgIpc) is 1.86. The topological polar surface area (TPSA) is 26.0 Å². The smallest absolute Gasteiger partial charge is 0.118 e. The molecular weight excluding hydrogens is 141 g/mol. The minimum absolute atomic E-state index is 0. The zero-order chi connectivity index (χ0) is 6.20. The summed E-state index contributed by atoms with van der Waals surface area (Å²) in [4.78, 5) is 0. The molecule has 1 aliphatic carbocycles. The summed E-state index contributed by atoms with van der Waals surface area (Å²) in [7, 11) is 0. The zero-order valence-electron chi connectivity index (χ0n) is 5.56. The van der Waals surface area contributed by atoms with Gasteiger partial charge in [-0.2, -0.15) is 0 Å². The summed E-state index contributed by atoms with van der Waals surface area (Å²) < 4.78 is 12.6. The van der Waals surface area contributed by atoms with Gasteiger partial charge < -0.3 is 5.73 Å². The van der Waals surface area contributed by atoms with Crippen LogP contribution in [0.4, 0.5) is 4.39 Å². The molecule has 1 saturated carbocycles. The van der Waals surface area contributed by atoms with E-state index >= 15 is 0 Å². The first kappa shape index (κ1) is 9.18. The molecule has 2 unspecified atom stereocenters. The lowest BCUT2D eigenvalue weighted by atomic mass is 10.0. The molecule has 1 nitrogen and oxygen atoms in total. The molecule has 0 radical (unpaired) electrons. The van der Waals surface area contributed by atoms with Crippen molar-refractivity contribution in [3.63, 3.8) is 0 Å². The van der Waals surface area contributed by atoms with Crippen LogP contribution in [0.5, 0.6) is 0 Å². The van der Waals surface area contributed by atoms with Crippen LogP contribution in [0.15, 0.2) is 0 Å². The van der Waals surface area contributed by atoms with Crippen molar-refractivity contribution in [3.05, 3.63) is 0 Å². The van der Waals surface area contributed by atoms with Crippen LogP contribution in [0.2, 0.25) is 0 Å². The van der Waals surface area contributed by atoms with E-state index in [0.717, 1.165) is 12.8 Å². The molecule has 0 saturated heterocycles. The average molecular weight is 154 g/mol. The van der Waals surface area contributed by atoms with Gasteiger partial charge in [0, 0.05) is 5.54 Å². The highest BCUT2D eigenvalue weighted by atomic mass is 35.5. The van der Waals surface area contributed by atoms with Crippen molar-refractivity contribution in [1.29, 1.82) is 0 Å². The molecule has 1 fully saturated rings. The molecule has 0 spiro atoms. The van der Waals surface area contributed by atoms with Crippen LogP contribution >= 0.6 is 12.4 Å². The summed E-state index contributed by atoms with van der Waals surface area (Å²) in [6, 6.07) is 0. The second-order valence-corrected chi connectivity index (χ2v) is 2.87. The largest absolute Gasteiger partial charge is 0.323 e. The van der Waals surface area contributed by atoms with E-state index < -0.39 is 11.7 Å². The van der Waals surface area contributed by atoms with Gasteiger partial charge in [0.15, 0.2) is 0 Å². The van der Waals surface area contributed by atoms with Crippen LogP contribution < -0.4 is 5.73 Å². The third kappa shape index (κ3) is 1.80. The predicted molar refractivity (Wildman–Crippen MR) is 38.6 cm³/mol. The van der Waals surface area contributed by atoms with Gasteiger partial charge >= 0.3 is 0 Å². The molecule has 0 aromatic carbocycles. The van der Waals surface area contributed by atoms with Crippen molar-refractivity contribution in [2.24, 2.45) is 5.73 Å². The second-order valence-electron chi connectivity index (χ2n) is 2.87. The van der Waals surface area contributed by atoms with Crippen molar-refractivity contribution in [2.45, 2.75) is 37.9 Å². The first-order chi connectivity index (χ1) is 3.63. The number of hydrogen-bond acceptors (Lipinski definition) is 1. The van der Waals surface area contributed by atoms with E-state index in [1.54, 1.807) is 6.92 Å². The Morgan fingerprint density at radius 3 is 2.33 bits per heavy atom. The fourth-order valence-electron chi connectivity index (χ4n) is 1.15. The molecule has 0 amide bonds. The molecule has 1 aliphatic rings. The Hall–Kier alpha value is 0.180. The van der Waals surface area contributed by atoms with Crippen LogP contribution in [-0.2, 0) is 0 Å². The van der Waals surface area contributed by atoms with Gasteiger partial charge in [0.2, 0.25) is 0 Å². The van der Waals surface area contributed by atoms with E-state index in [1.807, 2.05) is 0 Å². The summed E-state index contributed by atoms with van der Waals surface area (Å²) in [5.41, 5.74) is 5.03. The fourth-order valence-corrected chi connectivity index (χ4v) is 1.15. The van der Waals surface area contributed by atoms with E-state index in [1.165, 1.54) is 0 Å². The molecule has 56 valence electrons. The van der Waals surface area contributed by atoms with Crippen LogP contribution in [-0.4, -0.2) is 11.7 Å². The Morgan fingerprint density at radius 1 is 1.67 bits per heavy atom. The van der Waals surface area contributed by atoms with Crippen LogP contribution in [0.25, 0.3) is 0 Å². The molecular formula is C6H13ClFN. The Kier molecular flexibility index (Phi) is 2.90. The molecule has 0 bridgehead atoms. The van der Waals surface area contributed by atoms with Crippen molar-refractivity contribution in [1.82, 2.24) is 0 Å². The maximum atomic E-state index is 12.6. The first-order valence-electron chi connectivity index (χ1n) is 3.06. The number of hydrogen-bond donors (Lipinski definition) is 1. The van der Waals surface area contributed by atoms with E-state index in [2.05, 4.69) is 0 Å². The lowest BCUT2D eigenvalue weighted by Crippen LogP contribution is -2.41. The zero-order valence-corrected chi connectivity index (χ0v) is 6.38. The maximum absolute atomic E-state index is 12.6. The molecule has 2 N–H and O–H groups in total. The number of rotatable bonds is 0. The SMILES string of the molecule is CC1(N)CCCC1F.Cl. The summed E-state index contributed by atoms with van der Waals surface area (Å²) in [5, 5.41) is 0. The Labute approximate surface area is 61.2 Å². The summed E-state index contributed by atoms with van der Waals surface area (Å²) in [6.07, 6.45) is 1.69. The van der Waals surface area contributed by atoms with Crippen molar-refractivity contribution in [2.75, 3.05) is 0 Å². The molecule has 0 heterocycles. The van der Waals surface area contributed by atoms with Gasteiger partial charge in [-0.25, -0.2) is 4.39 Å². The number of halogens is 2.